The molecule has 0 aliphatic rings. The lowest BCUT2D eigenvalue weighted by Gasteiger charge is -2.11. The molecule has 0 bridgehead atoms. The van der Waals surface area contributed by atoms with E-state index in [2.05, 4.69) is 5.32 Å². The van der Waals surface area contributed by atoms with Crippen LogP contribution in [0.2, 0.25) is 5.02 Å². The zero-order valence-electron chi connectivity index (χ0n) is 13.5. The van der Waals surface area contributed by atoms with Gasteiger partial charge in [-0.25, -0.2) is 9.18 Å². The maximum absolute atomic E-state index is 13.2. The number of carboxylic acid groups (broad SMARTS) is 1. The van der Waals surface area contributed by atoms with E-state index in [0.717, 1.165) is 0 Å². The Labute approximate surface area is 148 Å². The van der Waals surface area contributed by atoms with Crippen molar-refractivity contribution in [3.05, 3.63) is 46.7 Å². The van der Waals surface area contributed by atoms with Gasteiger partial charge in [0.2, 0.25) is 0 Å². The molecule has 0 radical (unpaired) electrons. The first-order chi connectivity index (χ1) is 12.0. The van der Waals surface area contributed by atoms with Gasteiger partial charge in [-0.3, -0.25) is 0 Å². The minimum Gasteiger partial charge on any atom is -0.493 e. The molecule has 1 aromatic heterocycles. The molecular weight excluding hydrogens is 349 g/mol. The molecule has 5 nitrogen and oxygen atoms in total. The van der Waals surface area contributed by atoms with Crippen molar-refractivity contribution >= 4 is 34.2 Å². The number of rotatable bonds is 5. The van der Waals surface area contributed by atoms with Gasteiger partial charge in [0.1, 0.15) is 22.7 Å². The summed E-state index contributed by atoms with van der Waals surface area (Å²) < 4.78 is 24.3. The molecule has 0 atom stereocenters. The van der Waals surface area contributed by atoms with Crippen molar-refractivity contribution < 1.29 is 23.4 Å². The zero-order chi connectivity index (χ0) is 18.1. The van der Waals surface area contributed by atoms with Gasteiger partial charge in [0, 0.05) is 18.2 Å². The van der Waals surface area contributed by atoms with Gasteiger partial charge >= 0.3 is 5.97 Å². The van der Waals surface area contributed by atoms with E-state index in [0.29, 0.717) is 29.1 Å². The highest BCUT2D eigenvalue weighted by Gasteiger charge is 2.27. The van der Waals surface area contributed by atoms with Crippen molar-refractivity contribution in [2.24, 2.45) is 0 Å². The molecule has 0 saturated heterocycles. The third-order valence-corrected chi connectivity index (χ3v) is 4.13. The molecule has 25 heavy (non-hydrogen) atoms. The van der Waals surface area contributed by atoms with Crippen LogP contribution in [-0.2, 0) is 0 Å². The highest BCUT2D eigenvalue weighted by Crippen LogP contribution is 2.45. The SMILES string of the molecule is CCNc1cc2oc(-c3ccc(F)cc3)c(C(=O)O)c2c(Cl)c1OC. The van der Waals surface area contributed by atoms with Crippen LogP contribution in [0, 0.1) is 5.82 Å². The average molecular weight is 364 g/mol. The molecule has 0 saturated carbocycles. The number of benzene rings is 2. The Morgan fingerprint density at radius 1 is 1.36 bits per heavy atom. The summed E-state index contributed by atoms with van der Waals surface area (Å²) in [4.78, 5) is 11.9. The van der Waals surface area contributed by atoms with Gasteiger partial charge in [-0.15, -0.1) is 0 Å². The van der Waals surface area contributed by atoms with Crippen LogP contribution in [-0.4, -0.2) is 24.7 Å². The Balaban J connectivity index is 2.36. The number of fused-ring (bicyclic) bond motifs is 1. The zero-order valence-corrected chi connectivity index (χ0v) is 14.3. The molecule has 0 amide bonds. The maximum Gasteiger partial charge on any atom is 0.340 e. The number of carbonyl (C=O) groups is 1. The fourth-order valence-corrected chi connectivity index (χ4v) is 3.09. The van der Waals surface area contributed by atoms with Crippen molar-refractivity contribution in [2.75, 3.05) is 19.0 Å². The van der Waals surface area contributed by atoms with Crippen molar-refractivity contribution in [1.82, 2.24) is 0 Å². The Kier molecular flexibility index (Phi) is 4.55. The molecule has 7 heteroatoms. The Morgan fingerprint density at radius 2 is 2.04 bits per heavy atom. The Morgan fingerprint density at radius 3 is 2.60 bits per heavy atom. The topological polar surface area (TPSA) is 71.7 Å². The lowest BCUT2D eigenvalue weighted by molar-refractivity contribution is 0.0699. The van der Waals surface area contributed by atoms with Crippen molar-refractivity contribution in [1.29, 1.82) is 0 Å². The summed E-state index contributed by atoms with van der Waals surface area (Å²) in [5, 5.41) is 13.2. The number of nitrogens with one attached hydrogen (secondary N) is 1. The summed E-state index contributed by atoms with van der Waals surface area (Å²) in [5.41, 5.74) is 1.25. The van der Waals surface area contributed by atoms with Gasteiger partial charge in [-0.05, 0) is 31.2 Å². The minimum absolute atomic E-state index is 0.0899. The van der Waals surface area contributed by atoms with E-state index in [9.17, 15) is 14.3 Å². The van der Waals surface area contributed by atoms with Gasteiger partial charge in [-0.2, -0.15) is 0 Å². The van der Waals surface area contributed by atoms with Crippen LogP contribution >= 0.6 is 11.6 Å². The van der Waals surface area contributed by atoms with Gasteiger partial charge in [-0.1, -0.05) is 11.6 Å². The molecule has 0 unspecified atom stereocenters. The summed E-state index contributed by atoms with van der Waals surface area (Å²) in [6.07, 6.45) is 0. The first kappa shape index (κ1) is 17.1. The first-order valence-corrected chi connectivity index (χ1v) is 7.91. The molecule has 0 fully saturated rings. The van der Waals surface area contributed by atoms with Crippen LogP contribution in [0.4, 0.5) is 10.1 Å². The summed E-state index contributed by atoms with van der Waals surface area (Å²) >= 11 is 6.41. The molecule has 3 aromatic rings. The number of halogens is 2. The highest BCUT2D eigenvalue weighted by molar-refractivity contribution is 6.39. The first-order valence-electron chi connectivity index (χ1n) is 7.54. The molecule has 0 spiro atoms. The predicted octanol–water partition coefficient (Wildman–Crippen LogP) is 5.03. The van der Waals surface area contributed by atoms with E-state index in [1.807, 2.05) is 6.92 Å². The summed E-state index contributed by atoms with van der Waals surface area (Å²) in [5.74, 6) is -1.17. The molecule has 0 aliphatic heterocycles. The van der Waals surface area contributed by atoms with E-state index in [4.69, 9.17) is 20.8 Å². The summed E-state index contributed by atoms with van der Waals surface area (Å²) in [6.45, 7) is 2.53. The Hall–Kier alpha value is -2.73. The van der Waals surface area contributed by atoms with E-state index in [-0.39, 0.29) is 21.7 Å². The van der Waals surface area contributed by atoms with Crippen molar-refractivity contribution in [3.63, 3.8) is 0 Å². The molecule has 130 valence electrons. The van der Waals surface area contributed by atoms with Gasteiger partial charge in [0.15, 0.2) is 5.75 Å². The standard InChI is InChI=1S/C18H15ClFNO4/c1-3-21-11-8-12-13(15(19)17(11)24-2)14(18(22)23)16(25-12)9-4-6-10(20)7-5-9/h4-8,21H,3H2,1-2H3,(H,22,23). The largest absolute Gasteiger partial charge is 0.493 e. The molecule has 1 heterocycles. The predicted molar refractivity (Wildman–Crippen MR) is 94.3 cm³/mol. The number of hydrogen-bond donors (Lipinski definition) is 2. The monoisotopic (exact) mass is 363 g/mol. The van der Waals surface area contributed by atoms with E-state index < -0.39 is 11.8 Å². The second-order valence-electron chi connectivity index (χ2n) is 5.29. The van der Waals surface area contributed by atoms with E-state index >= 15 is 0 Å². The number of hydrogen-bond acceptors (Lipinski definition) is 4. The van der Waals surface area contributed by atoms with E-state index in [1.165, 1.54) is 31.4 Å². The maximum atomic E-state index is 13.2. The molecular formula is C18H15ClFNO4. The molecule has 2 aromatic carbocycles. The van der Waals surface area contributed by atoms with Crippen LogP contribution in [0.25, 0.3) is 22.3 Å². The number of anilines is 1. The average Bonchev–Trinajstić information content (AvgIpc) is 2.96. The fraction of sp³-hybridized carbons (Fsp3) is 0.167. The van der Waals surface area contributed by atoms with Gasteiger partial charge in [0.05, 0.1) is 23.2 Å². The molecule has 3 rings (SSSR count). The van der Waals surface area contributed by atoms with Crippen molar-refractivity contribution in [3.8, 4) is 17.1 Å². The van der Waals surface area contributed by atoms with Crippen LogP contribution < -0.4 is 10.1 Å². The van der Waals surface area contributed by atoms with Crippen LogP contribution in [0.5, 0.6) is 5.75 Å². The van der Waals surface area contributed by atoms with Crippen molar-refractivity contribution in [2.45, 2.75) is 6.92 Å². The normalized spacial score (nSPS) is 10.9. The third-order valence-electron chi connectivity index (χ3n) is 3.77. The number of aromatic carboxylic acids is 1. The highest BCUT2D eigenvalue weighted by atomic mass is 35.5. The molecule has 2 N–H and O–H groups in total. The summed E-state index contributed by atoms with van der Waals surface area (Å²) in [6, 6.07) is 7.02. The van der Waals surface area contributed by atoms with Gasteiger partial charge < -0.3 is 19.6 Å². The smallest absolute Gasteiger partial charge is 0.340 e. The van der Waals surface area contributed by atoms with E-state index in [1.54, 1.807) is 6.07 Å². The fourth-order valence-electron chi connectivity index (χ4n) is 2.73. The van der Waals surface area contributed by atoms with Crippen LogP contribution in [0.1, 0.15) is 17.3 Å². The van der Waals surface area contributed by atoms with Crippen LogP contribution in [0.3, 0.4) is 0 Å². The second kappa shape index (κ2) is 6.64. The lowest BCUT2D eigenvalue weighted by atomic mass is 10.0. The summed E-state index contributed by atoms with van der Waals surface area (Å²) in [7, 11) is 1.45. The number of ether oxygens (including phenoxy) is 1. The van der Waals surface area contributed by atoms with Gasteiger partial charge in [0.25, 0.3) is 0 Å². The third kappa shape index (κ3) is 2.89. The quantitative estimate of drug-likeness (QED) is 0.665. The Bertz CT molecular complexity index is 950. The number of carboxylic acids is 1. The number of furan rings is 1. The molecule has 0 aliphatic carbocycles. The minimum atomic E-state index is -1.20. The number of methoxy groups -OCH3 is 1. The second-order valence-corrected chi connectivity index (χ2v) is 5.67. The van der Waals surface area contributed by atoms with Crippen LogP contribution in [0.15, 0.2) is 34.7 Å². The lowest BCUT2D eigenvalue weighted by Crippen LogP contribution is -2.01.